The number of rotatable bonds is 13. The van der Waals surface area contributed by atoms with Gasteiger partial charge in [-0.05, 0) is 6.42 Å². The van der Waals surface area contributed by atoms with Crippen molar-refractivity contribution in [1.29, 1.82) is 0 Å². The Kier molecular flexibility index (Phi) is 12.7. The van der Waals surface area contributed by atoms with Crippen LogP contribution >= 0.6 is 11.8 Å². The van der Waals surface area contributed by atoms with E-state index in [1.807, 2.05) is 0 Å². The molecule has 0 spiro atoms. The topological polar surface area (TPSA) is 162 Å². The van der Waals surface area contributed by atoms with Gasteiger partial charge in [-0.3, -0.25) is 14.4 Å². The van der Waals surface area contributed by atoms with Crippen LogP contribution in [0.2, 0.25) is 0 Å². The van der Waals surface area contributed by atoms with E-state index in [-0.39, 0.29) is 36.9 Å². The average molecular weight is 423 g/mol. The summed E-state index contributed by atoms with van der Waals surface area (Å²) in [6.07, 6.45) is -1.12. The monoisotopic (exact) mass is 422 g/mol. The Balaban J connectivity index is 4.47. The Hall–Kier alpha value is -1.69. The van der Waals surface area contributed by atoms with Crippen molar-refractivity contribution in [2.45, 2.75) is 45.3 Å². The van der Waals surface area contributed by atoms with Gasteiger partial charge in [-0.1, -0.05) is 25.6 Å². The molecule has 0 aromatic heterocycles. The van der Waals surface area contributed by atoms with Crippen LogP contribution in [0.5, 0.6) is 0 Å². The molecule has 0 fully saturated rings. The summed E-state index contributed by atoms with van der Waals surface area (Å²) in [5, 5.41) is 32.3. The van der Waals surface area contributed by atoms with Crippen molar-refractivity contribution in [3.8, 4) is 0 Å². The van der Waals surface area contributed by atoms with Crippen LogP contribution in [0.4, 0.5) is 0 Å². The first kappa shape index (κ1) is 26.3. The lowest BCUT2D eigenvalue weighted by molar-refractivity contribution is -0.144. The molecular formula is C17H30N2O8S. The predicted octanol–water partition coefficient (Wildman–Crippen LogP) is -1.44. The van der Waals surface area contributed by atoms with Gasteiger partial charge >= 0.3 is 5.97 Å². The molecule has 0 radical (unpaired) electrons. The van der Waals surface area contributed by atoms with E-state index >= 15 is 0 Å². The summed E-state index contributed by atoms with van der Waals surface area (Å²) in [5.74, 6) is -1.99. The molecule has 28 heavy (non-hydrogen) atoms. The molecule has 11 heteroatoms. The standard InChI is InChI=1S/C17H30N2O8S/c1-17(2,10-21)14(24)15(25)18-7-6-12(22)19-11(16(26)27-3)9-28-13(23)5-4-8-20/h11,14,20-21,24H,4-10H2,1-3H3,(H,18,25)(H,19,22)/t11-,14-/m0/s1. The molecule has 0 bridgehead atoms. The van der Waals surface area contributed by atoms with Gasteiger partial charge in [-0.25, -0.2) is 4.79 Å². The van der Waals surface area contributed by atoms with Gasteiger partial charge in [0.2, 0.25) is 11.8 Å². The number of carbonyl (C=O) groups is 4. The highest BCUT2D eigenvalue weighted by Crippen LogP contribution is 2.19. The van der Waals surface area contributed by atoms with Crippen LogP contribution in [-0.2, 0) is 23.9 Å². The summed E-state index contributed by atoms with van der Waals surface area (Å²) in [6, 6.07) is -1.03. The fraction of sp³-hybridized carbons (Fsp3) is 0.765. The summed E-state index contributed by atoms with van der Waals surface area (Å²) < 4.78 is 4.61. The van der Waals surface area contributed by atoms with E-state index in [2.05, 4.69) is 15.4 Å². The average Bonchev–Trinajstić information content (AvgIpc) is 2.67. The number of nitrogens with one attached hydrogen (secondary N) is 2. The zero-order chi connectivity index (χ0) is 21.7. The van der Waals surface area contributed by atoms with E-state index in [0.29, 0.717) is 6.42 Å². The Morgan fingerprint density at radius 1 is 1.14 bits per heavy atom. The number of hydrogen-bond donors (Lipinski definition) is 5. The molecule has 0 rings (SSSR count). The third kappa shape index (κ3) is 10.0. The maximum Gasteiger partial charge on any atom is 0.329 e. The summed E-state index contributed by atoms with van der Waals surface area (Å²) in [6.45, 7) is 2.45. The number of carbonyl (C=O) groups excluding carboxylic acids is 4. The third-order valence-electron chi connectivity index (χ3n) is 3.82. The Morgan fingerprint density at radius 2 is 1.79 bits per heavy atom. The highest BCUT2D eigenvalue weighted by molar-refractivity contribution is 8.13. The van der Waals surface area contributed by atoms with Gasteiger partial charge in [0.1, 0.15) is 12.1 Å². The van der Waals surface area contributed by atoms with Crippen molar-refractivity contribution in [2.24, 2.45) is 5.41 Å². The van der Waals surface area contributed by atoms with Crippen LogP contribution in [0.1, 0.15) is 33.1 Å². The van der Waals surface area contributed by atoms with Gasteiger partial charge in [-0.15, -0.1) is 0 Å². The minimum Gasteiger partial charge on any atom is -0.467 e. The molecule has 5 N–H and O–H groups in total. The quantitative estimate of drug-likeness (QED) is 0.224. The Bertz CT molecular complexity index is 541. The third-order valence-corrected chi connectivity index (χ3v) is 4.84. The van der Waals surface area contributed by atoms with E-state index in [1.54, 1.807) is 0 Å². The van der Waals surface area contributed by atoms with Gasteiger partial charge < -0.3 is 30.7 Å². The molecule has 0 aliphatic heterocycles. The number of ether oxygens (including phenoxy) is 1. The van der Waals surface area contributed by atoms with E-state index in [9.17, 15) is 24.3 Å². The summed E-state index contributed by atoms with van der Waals surface area (Å²) >= 11 is 0.856. The van der Waals surface area contributed by atoms with Crippen LogP contribution in [-0.4, -0.2) is 83.0 Å². The number of aliphatic hydroxyl groups excluding tert-OH is 3. The second-order valence-electron chi connectivity index (χ2n) is 6.74. The number of methoxy groups -OCH3 is 1. The molecule has 0 heterocycles. The van der Waals surface area contributed by atoms with Crippen LogP contribution in [0.15, 0.2) is 0 Å². The van der Waals surface area contributed by atoms with Crippen molar-refractivity contribution >= 4 is 34.7 Å². The second-order valence-corrected chi connectivity index (χ2v) is 7.82. The lowest BCUT2D eigenvalue weighted by Crippen LogP contribution is -2.47. The van der Waals surface area contributed by atoms with E-state index < -0.39 is 42.0 Å². The van der Waals surface area contributed by atoms with Crippen molar-refractivity contribution in [1.82, 2.24) is 10.6 Å². The summed E-state index contributed by atoms with van der Waals surface area (Å²) in [5.41, 5.74) is -1.03. The maximum absolute atomic E-state index is 12.0. The highest BCUT2D eigenvalue weighted by Gasteiger charge is 2.32. The van der Waals surface area contributed by atoms with Gasteiger partial charge in [0.25, 0.3) is 0 Å². The fourth-order valence-corrected chi connectivity index (χ4v) is 2.75. The predicted molar refractivity (Wildman–Crippen MR) is 102 cm³/mol. The number of aliphatic hydroxyl groups is 3. The molecule has 0 aromatic rings. The van der Waals surface area contributed by atoms with Gasteiger partial charge in [0.05, 0.1) is 13.7 Å². The smallest absolute Gasteiger partial charge is 0.329 e. The second kappa shape index (κ2) is 13.5. The van der Waals surface area contributed by atoms with Gasteiger partial charge in [-0.2, -0.15) is 0 Å². The largest absolute Gasteiger partial charge is 0.467 e. The first-order valence-electron chi connectivity index (χ1n) is 8.79. The first-order chi connectivity index (χ1) is 13.1. The molecule has 0 aliphatic rings. The molecule has 0 saturated heterocycles. The fourth-order valence-electron chi connectivity index (χ4n) is 1.89. The van der Waals surface area contributed by atoms with Crippen molar-refractivity contribution in [3.63, 3.8) is 0 Å². The van der Waals surface area contributed by atoms with Gasteiger partial charge in [0.15, 0.2) is 5.12 Å². The van der Waals surface area contributed by atoms with Crippen LogP contribution in [0.3, 0.4) is 0 Å². The number of esters is 1. The molecule has 2 amide bonds. The molecule has 10 nitrogen and oxygen atoms in total. The van der Waals surface area contributed by atoms with Crippen molar-refractivity contribution in [2.75, 3.05) is 32.6 Å². The zero-order valence-electron chi connectivity index (χ0n) is 16.4. The summed E-state index contributed by atoms with van der Waals surface area (Å²) in [4.78, 5) is 47.2. The van der Waals surface area contributed by atoms with Crippen molar-refractivity contribution < 1.29 is 39.2 Å². The van der Waals surface area contributed by atoms with Crippen LogP contribution < -0.4 is 10.6 Å². The Morgan fingerprint density at radius 3 is 2.32 bits per heavy atom. The molecular weight excluding hydrogens is 392 g/mol. The Labute approximate surface area is 168 Å². The van der Waals surface area contributed by atoms with E-state index in [1.165, 1.54) is 13.8 Å². The normalized spacial score (nSPS) is 13.4. The van der Waals surface area contributed by atoms with Crippen LogP contribution in [0, 0.1) is 5.41 Å². The number of thioether (sulfide) groups is 1. The molecule has 2 atom stereocenters. The van der Waals surface area contributed by atoms with E-state index in [4.69, 9.17) is 10.2 Å². The minimum atomic E-state index is -1.44. The minimum absolute atomic E-state index is 0.0154. The summed E-state index contributed by atoms with van der Waals surface area (Å²) in [7, 11) is 1.16. The van der Waals surface area contributed by atoms with Gasteiger partial charge in [0, 0.05) is 37.2 Å². The molecule has 0 unspecified atom stereocenters. The molecule has 0 aliphatic carbocycles. The number of amides is 2. The molecule has 162 valence electrons. The van der Waals surface area contributed by atoms with Crippen LogP contribution in [0.25, 0.3) is 0 Å². The van der Waals surface area contributed by atoms with Crippen molar-refractivity contribution in [3.05, 3.63) is 0 Å². The highest BCUT2D eigenvalue weighted by atomic mass is 32.2. The zero-order valence-corrected chi connectivity index (χ0v) is 17.2. The van der Waals surface area contributed by atoms with E-state index in [0.717, 1.165) is 18.9 Å². The lowest BCUT2D eigenvalue weighted by Gasteiger charge is -2.27. The molecule has 0 aromatic carbocycles. The lowest BCUT2D eigenvalue weighted by atomic mass is 9.87. The molecule has 0 saturated carbocycles. The SMILES string of the molecule is COC(=O)[C@H](CSC(=O)CCCO)NC(=O)CCNC(=O)[C@H](O)C(C)(C)CO. The first-order valence-corrected chi connectivity index (χ1v) is 9.78. The maximum atomic E-state index is 12.0. The number of hydrogen-bond acceptors (Lipinski definition) is 9.